The zero-order chi connectivity index (χ0) is 22.7. The van der Waals surface area contributed by atoms with Gasteiger partial charge in [0.05, 0.1) is 38.3 Å². The molecule has 164 valence electrons. The summed E-state index contributed by atoms with van der Waals surface area (Å²) in [5.41, 5.74) is 1.69. The molecule has 1 heterocycles. The molecule has 8 heteroatoms. The Morgan fingerprint density at radius 3 is 1.84 bits per heavy atom. The van der Waals surface area contributed by atoms with Crippen LogP contribution in [0.3, 0.4) is 0 Å². The smallest absolute Gasteiger partial charge is 0.338 e. The molecule has 0 spiro atoms. The average molecular weight is 452 g/mol. The minimum absolute atomic E-state index is 0.183. The van der Waals surface area contributed by atoms with Gasteiger partial charge in [0.1, 0.15) is 0 Å². The first-order valence-corrected chi connectivity index (χ1v) is 10.5. The molecule has 32 heavy (non-hydrogen) atoms. The van der Waals surface area contributed by atoms with Crippen molar-refractivity contribution in [1.82, 2.24) is 0 Å². The second kappa shape index (κ2) is 9.23. The number of carbonyl (C=O) groups is 2. The van der Waals surface area contributed by atoms with Crippen molar-refractivity contribution in [3.05, 3.63) is 66.2 Å². The van der Waals surface area contributed by atoms with Gasteiger partial charge in [0.2, 0.25) is 5.75 Å². The van der Waals surface area contributed by atoms with Gasteiger partial charge in [-0.15, -0.1) is 0 Å². The van der Waals surface area contributed by atoms with Crippen LogP contribution in [-0.4, -0.2) is 39.8 Å². The predicted molar refractivity (Wildman–Crippen MR) is 121 cm³/mol. The zero-order valence-corrected chi connectivity index (χ0v) is 18.6. The van der Waals surface area contributed by atoms with Gasteiger partial charge in [0.15, 0.2) is 18.1 Å². The van der Waals surface area contributed by atoms with E-state index in [-0.39, 0.29) is 11.5 Å². The molecule has 0 fully saturated rings. The molecule has 4 rings (SSSR count). The van der Waals surface area contributed by atoms with Gasteiger partial charge in [-0.05, 0) is 36.4 Å². The first-order chi connectivity index (χ1) is 15.6. The second-order valence-electron chi connectivity index (χ2n) is 6.76. The maximum Gasteiger partial charge on any atom is 0.338 e. The van der Waals surface area contributed by atoms with Crippen LogP contribution in [0.15, 0.2) is 70.5 Å². The quantitative estimate of drug-likeness (QED) is 0.503. The molecule has 1 amide bonds. The van der Waals surface area contributed by atoms with E-state index < -0.39 is 12.6 Å². The van der Waals surface area contributed by atoms with Crippen molar-refractivity contribution in [3.63, 3.8) is 0 Å². The number of esters is 1. The van der Waals surface area contributed by atoms with Gasteiger partial charge in [0.25, 0.3) is 5.91 Å². The van der Waals surface area contributed by atoms with E-state index in [9.17, 15) is 9.59 Å². The van der Waals surface area contributed by atoms with Crippen LogP contribution < -0.4 is 19.1 Å². The molecule has 1 aliphatic heterocycles. The van der Waals surface area contributed by atoms with Crippen LogP contribution in [-0.2, 0) is 9.53 Å². The number of hydrogen-bond donors (Lipinski definition) is 0. The van der Waals surface area contributed by atoms with E-state index in [2.05, 4.69) is 0 Å². The van der Waals surface area contributed by atoms with Gasteiger partial charge >= 0.3 is 5.97 Å². The highest BCUT2D eigenvalue weighted by Crippen LogP contribution is 2.47. The van der Waals surface area contributed by atoms with Crippen LogP contribution in [0.2, 0.25) is 0 Å². The molecule has 3 aromatic rings. The van der Waals surface area contributed by atoms with Crippen LogP contribution >= 0.6 is 11.8 Å². The standard InChI is InChI=1S/C24H21NO6S/c1-28-18-12-15(13-19(29-2)23(18)30-3)24(27)31-14-22(26)25-16-8-4-6-10-20(16)32-21-11-7-5-9-17(21)25/h4-13H,14H2,1-3H3. The summed E-state index contributed by atoms with van der Waals surface area (Å²) >= 11 is 1.60. The lowest BCUT2D eigenvalue weighted by atomic mass is 10.2. The number of benzene rings is 3. The summed E-state index contributed by atoms with van der Waals surface area (Å²) in [6.07, 6.45) is 0. The Morgan fingerprint density at radius 2 is 1.34 bits per heavy atom. The number of ether oxygens (including phenoxy) is 4. The van der Waals surface area contributed by atoms with Gasteiger partial charge in [-0.3, -0.25) is 9.69 Å². The summed E-state index contributed by atoms with van der Waals surface area (Å²) in [5, 5.41) is 0. The zero-order valence-electron chi connectivity index (χ0n) is 17.8. The molecule has 0 saturated heterocycles. The molecule has 0 atom stereocenters. The SMILES string of the molecule is COc1cc(C(=O)OCC(=O)N2c3ccccc3Sc3ccccc32)cc(OC)c1OC. The first kappa shape index (κ1) is 21.6. The Hall–Kier alpha value is -3.65. The fourth-order valence-corrected chi connectivity index (χ4v) is 4.51. The highest BCUT2D eigenvalue weighted by Gasteiger charge is 2.29. The van der Waals surface area contributed by atoms with E-state index in [0.717, 1.165) is 21.2 Å². The molecular formula is C24H21NO6S. The van der Waals surface area contributed by atoms with E-state index in [1.807, 2.05) is 48.5 Å². The summed E-state index contributed by atoms with van der Waals surface area (Å²) in [7, 11) is 4.39. The number of amides is 1. The molecule has 0 unspecified atom stereocenters. The average Bonchev–Trinajstić information content (AvgIpc) is 2.84. The Labute approximate surface area is 189 Å². The number of methoxy groups -OCH3 is 3. The lowest BCUT2D eigenvalue weighted by Gasteiger charge is -2.30. The molecule has 0 aliphatic carbocycles. The minimum atomic E-state index is -0.675. The molecule has 0 N–H and O–H groups in total. The van der Waals surface area contributed by atoms with Crippen molar-refractivity contribution in [1.29, 1.82) is 0 Å². The van der Waals surface area contributed by atoms with E-state index in [4.69, 9.17) is 18.9 Å². The van der Waals surface area contributed by atoms with Gasteiger partial charge in [-0.2, -0.15) is 0 Å². The maximum absolute atomic E-state index is 13.2. The third-order valence-corrected chi connectivity index (χ3v) is 6.04. The molecule has 0 radical (unpaired) electrons. The molecule has 0 saturated carbocycles. The number of fused-ring (bicyclic) bond motifs is 2. The molecule has 7 nitrogen and oxygen atoms in total. The fraction of sp³-hybridized carbons (Fsp3) is 0.167. The normalized spacial score (nSPS) is 11.8. The fourth-order valence-electron chi connectivity index (χ4n) is 3.45. The predicted octanol–water partition coefficient (Wildman–Crippen LogP) is 4.70. The lowest BCUT2D eigenvalue weighted by Crippen LogP contribution is -2.32. The van der Waals surface area contributed by atoms with Gasteiger partial charge in [-0.25, -0.2) is 4.79 Å². The summed E-state index contributed by atoms with van der Waals surface area (Å²) in [6.45, 7) is -0.428. The van der Waals surface area contributed by atoms with Gasteiger partial charge < -0.3 is 18.9 Å². The lowest BCUT2D eigenvalue weighted by molar-refractivity contribution is -0.121. The minimum Gasteiger partial charge on any atom is -0.493 e. The Kier molecular flexibility index (Phi) is 6.23. The molecule has 1 aliphatic rings. The monoisotopic (exact) mass is 451 g/mol. The summed E-state index contributed by atoms with van der Waals surface area (Å²) < 4.78 is 21.2. The van der Waals surface area contributed by atoms with Crippen LogP contribution in [0.5, 0.6) is 17.2 Å². The van der Waals surface area contributed by atoms with Crippen molar-refractivity contribution < 1.29 is 28.5 Å². The number of hydrogen-bond acceptors (Lipinski definition) is 7. The number of anilines is 2. The molecule has 3 aromatic carbocycles. The molecular weight excluding hydrogens is 430 g/mol. The molecule has 0 aromatic heterocycles. The molecule has 0 bridgehead atoms. The third-order valence-electron chi connectivity index (χ3n) is 4.91. The van der Waals surface area contributed by atoms with Crippen molar-refractivity contribution in [2.75, 3.05) is 32.8 Å². The van der Waals surface area contributed by atoms with E-state index >= 15 is 0 Å². The number of rotatable bonds is 6. The van der Waals surface area contributed by atoms with Crippen molar-refractivity contribution >= 4 is 35.0 Å². The van der Waals surface area contributed by atoms with Crippen molar-refractivity contribution in [2.24, 2.45) is 0 Å². The number of nitrogens with zero attached hydrogens (tertiary/aromatic N) is 1. The topological polar surface area (TPSA) is 74.3 Å². The highest BCUT2D eigenvalue weighted by molar-refractivity contribution is 7.99. The number of para-hydroxylation sites is 2. The van der Waals surface area contributed by atoms with Crippen LogP contribution in [0.25, 0.3) is 0 Å². The largest absolute Gasteiger partial charge is 0.493 e. The van der Waals surface area contributed by atoms with Crippen LogP contribution in [0.1, 0.15) is 10.4 Å². The summed E-state index contributed by atoms with van der Waals surface area (Å²) in [4.78, 5) is 29.4. The van der Waals surface area contributed by atoms with Crippen molar-refractivity contribution in [3.8, 4) is 17.2 Å². The third kappa shape index (κ3) is 3.97. The van der Waals surface area contributed by atoms with Crippen LogP contribution in [0.4, 0.5) is 11.4 Å². The van der Waals surface area contributed by atoms with Gasteiger partial charge in [-0.1, -0.05) is 36.0 Å². The van der Waals surface area contributed by atoms with Gasteiger partial charge in [0, 0.05) is 9.79 Å². The summed E-state index contributed by atoms with van der Waals surface area (Å²) in [5.74, 6) is -0.0275. The Morgan fingerprint density at radius 1 is 0.812 bits per heavy atom. The maximum atomic E-state index is 13.2. The summed E-state index contributed by atoms with van der Waals surface area (Å²) in [6, 6.07) is 18.2. The Balaban J connectivity index is 1.57. The first-order valence-electron chi connectivity index (χ1n) is 9.73. The van der Waals surface area contributed by atoms with Crippen molar-refractivity contribution in [2.45, 2.75) is 9.79 Å². The Bertz CT molecular complexity index is 1110. The van der Waals surface area contributed by atoms with E-state index in [1.165, 1.54) is 33.5 Å². The van der Waals surface area contributed by atoms with E-state index in [0.29, 0.717) is 17.2 Å². The highest BCUT2D eigenvalue weighted by atomic mass is 32.2. The second-order valence-corrected chi connectivity index (χ2v) is 7.84. The van der Waals surface area contributed by atoms with Crippen LogP contribution in [0, 0.1) is 0 Å². The van der Waals surface area contributed by atoms with E-state index in [1.54, 1.807) is 16.7 Å². The number of carbonyl (C=O) groups excluding carboxylic acids is 2.